The predicted molar refractivity (Wildman–Crippen MR) is 83.4 cm³/mol. The highest BCUT2D eigenvalue weighted by Crippen LogP contribution is 2.19. The van der Waals surface area contributed by atoms with Gasteiger partial charge >= 0.3 is 0 Å². The van der Waals surface area contributed by atoms with Gasteiger partial charge in [0.05, 0.1) is 11.6 Å². The minimum absolute atomic E-state index is 0.324. The maximum Gasteiger partial charge on any atom is 0.121 e. The second-order valence-electron chi connectivity index (χ2n) is 4.88. The molecule has 21 heavy (non-hydrogen) atoms. The number of aromatic nitrogens is 1. The lowest BCUT2D eigenvalue weighted by molar-refractivity contribution is 0.631. The largest absolute Gasteiger partial charge is 0.294 e. The van der Waals surface area contributed by atoms with Gasteiger partial charge in [0, 0.05) is 18.1 Å². The van der Waals surface area contributed by atoms with Gasteiger partial charge in [0.2, 0.25) is 0 Å². The monoisotopic (exact) mass is 273 g/mol. The minimum atomic E-state index is -0.324. The van der Waals surface area contributed by atoms with Crippen molar-refractivity contribution in [1.29, 1.82) is 5.26 Å². The molecule has 3 nitrogen and oxygen atoms in total. The molecule has 0 saturated heterocycles. The molecule has 0 fully saturated rings. The first kappa shape index (κ1) is 13.3. The molecule has 0 aliphatic rings. The van der Waals surface area contributed by atoms with Crippen molar-refractivity contribution < 1.29 is 0 Å². The second-order valence-corrected chi connectivity index (χ2v) is 4.88. The Morgan fingerprint density at radius 1 is 1.05 bits per heavy atom. The van der Waals surface area contributed by atoms with Gasteiger partial charge < -0.3 is 0 Å². The summed E-state index contributed by atoms with van der Waals surface area (Å²) in [6.07, 6.45) is 1.78. The molecular weight excluding hydrogens is 258 g/mol. The average molecular weight is 273 g/mol. The number of nitrogens with zero attached hydrogens (tertiary/aromatic N) is 2. The van der Waals surface area contributed by atoms with E-state index in [9.17, 15) is 5.26 Å². The van der Waals surface area contributed by atoms with E-state index in [1.807, 2.05) is 60.7 Å². The highest BCUT2D eigenvalue weighted by molar-refractivity contribution is 5.79. The molecule has 3 rings (SSSR count). The van der Waals surface area contributed by atoms with Crippen LogP contribution in [0.2, 0.25) is 0 Å². The number of rotatable bonds is 4. The number of nitrogens with one attached hydrogen (secondary N) is 1. The molecule has 0 spiro atoms. The first-order valence-corrected chi connectivity index (χ1v) is 6.88. The van der Waals surface area contributed by atoms with Crippen LogP contribution in [0.25, 0.3) is 10.9 Å². The summed E-state index contributed by atoms with van der Waals surface area (Å²) < 4.78 is 0. The van der Waals surface area contributed by atoms with Gasteiger partial charge in [-0.05, 0) is 29.3 Å². The molecule has 0 radical (unpaired) electrons. The number of hydrogen-bond donors (Lipinski definition) is 1. The maximum atomic E-state index is 9.40. The van der Waals surface area contributed by atoms with E-state index in [1.54, 1.807) is 6.20 Å². The van der Waals surface area contributed by atoms with Crippen molar-refractivity contribution in [3.8, 4) is 6.07 Å². The van der Waals surface area contributed by atoms with Crippen LogP contribution in [0.3, 0.4) is 0 Å². The van der Waals surface area contributed by atoms with Gasteiger partial charge in [-0.15, -0.1) is 0 Å². The Labute approximate surface area is 123 Å². The van der Waals surface area contributed by atoms with Crippen LogP contribution in [-0.2, 0) is 6.54 Å². The van der Waals surface area contributed by atoms with Gasteiger partial charge in [-0.2, -0.15) is 5.26 Å². The smallest absolute Gasteiger partial charge is 0.121 e. The van der Waals surface area contributed by atoms with Crippen LogP contribution in [0.5, 0.6) is 0 Å². The molecule has 0 saturated carbocycles. The van der Waals surface area contributed by atoms with Gasteiger partial charge in [0.1, 0.15) is 6.04 Å². The van der Waals surface area contributed by atoms with E-state index in [2.05, 4.69) is 16.4 Å². The fourth-order valence-corrected chi connectivity index (χ4v) is 2.33. The topological polar surface area (TPSA) is 48.7 Å². The van der Waals surface area contributed by atoms with Crippen molar-refractivity contribution in [3.05, 3.63) is 78.0 Å². The van der Waals surface area contributed by atoms with Crippen molar-refractivity contribution in [3.63, 3.8) is 0 Å². The summed E-state index contributed by atoms with van der Waals surface area (Å²) in [4.78, 5) is 4.30. The van der Waals surface area contributed by atoms with Crippen molar-refractivity contribution >= 4 is 10.9 Å². The molecule has 3 heteroatoms. The van der Waals surface area contributed by atoms with Crippen LogP contribution in [0.1, 0.15) is 17.2 Å². The average Bonchev–Trinajstić information content (AvgIpc) is 2.56. The Balaban J connectivity index is 1.80. The highest BCUT2D eigenvalue weighted by atomic mass is 14.9. The zero-order valence-corrected chi connectivity index (χ0v) is 11.5. The first-order valence-electron chi connectivity index (χ1n) is 6.88. The van der Waals surface area contributed by atoms with Gasteiger partial charge in [0.15, 0.2) is 0 Å². The quantitative estimate of drug-likeness (QED) is 0.790. The van der Waals surface area contributed by atoms with E-state index >= 15 is 0 Å². The van der Waals surface area contributed by atoms with E-state index < -0.39 is 0 Å². The Kier molecular flexibility index (Phi) is 3.90. The SMILES string of the molecule is N#CC(NCc1ccccc1)c1ccc2ncccc2c1. The Morgan fingerprint density at radius 2 is 1.90 bits per heavy atom. The summed E-state index contributed by atoms with van der Waals surface area (Å²) in [6.45, 7) is 0.671. The molecule has 102 valence electrons. The Hall–Kier alpha value is -2.70. The van der Waals surface area contributed by atoms with Crippen LogP contribution >= 0.6 is 0 Å². The molecule has 1 aromatic heterocycles. The Morgan fingerprint density at radius 3 is 2.71 bits per heavy atom. The zero-order chi connectivity index (χ0) is 14.5. The summed E-state index contributed by atoms with van der Waals surface area (Å²) in [5.74, 6) is 0. The third-order valence-corrected chi connectivity index (χ3v) is 3.44. The predicted octanol–water partition coefficient (Wildman–Crippen LogP) is 3.59. The van der Waals surface area contributed by atoms with Gasteiger partial charge in [-0.25, -0.2) is 0 Å². The van der Waals surface area contributed by atoms with Crippen LogP contribution < -0.4 is 5.32 Å². The van der Waals surface area contributed by atoms with Crippen molar-refractivity contribution in [2.24, 2.45) is 0 Å². The summed E-state index contributed by atoms with van der Waals surface area (Å²) in [5.41, 5.74) is 3.08. The second kappa shape index (κ2) is 6.17. The molecule has 2 aromatic carbocycles. The number of nitriles is 1. The summed E-state index contributed by atoms with van der Waals surface area (Å²) in [5, 5.41) is 13.7. The molecular formula is C18H15N3. The lowest BCUT2D eigenvalue weighted by Gasteiger charge is -2.12. The van der Waals surface area contributed by atoms with Gasteiger partial charge in [0.25, 0.3) is 0 Å². The van der Waals surface area contributed by atoms with Crippen molar-refractivity contribution in [2.75, 3.05) is 0 Å². The van der Waals surface area contributed by atoms with Crippen LogP contribution in [0.15, 0.2) is 66.9 Å². The number of fused-ring (bicyclic) bond motifs is 1. The van der Waals surface area contributed by atoms with Crippen molar-refractivity contribution in [2.45, 2.75) is 12.6 Å². The van der Waals surface area contributed by atoms with E-state index in [1.165, 1.54) is 5.56 Å². The van der Waals surface area contributed by atoms with Gasteiger partial charge in [-0.1, -0.05) is 42.5 Å². The normalized spacial score (nSPS) is 12.0. The molecule has 1 N–H and O–H groups in total. The van der Waals surface area contributed by atoms with Crippen LogP contribution in [-0.4, -0.2) is 4.98 Å². The standard InChI is InChI=1S/C18H15N3/c19-12-18(21-13-14-5-2-1-3-6-14)16-8-9-17-15(11-16)7-4-10-20-17/h1-11,18,21H,13H2. The molecule has 0 bridgehead atoms. The third-order valence-electron chi connectivity index (χ3n) is 3.44. The van der Waals surface area contributed by atoms with E-state index in [-0.39, 0.29) is 6.04 Å². The molecule has 1 unspecified atom stereocenters. The molecule has 0 aliphatic carbocycles. The van der Waals surface area contributed by atoms with E-state index in [0.717, 1.165) is 16.5 Å². The van der Waals surface area contributed by atoms with Crippen LogP contribution in [0, 0.1) is 11.3 Å². The lowest BCUT2D eigenvalue weighted by atomic mass is 10.0. The number of benzene rings is 2. The van der Waals surface area contributed by atoms with Crippen LogP contribution in [0.4, 0.5) is 0 Å². The fraction of sp³-hybridized carbons (Fsp3) is 0.111. The highest BCUT2D eigenvalue weighted by Gasteiger charge is 2.10. The molecule has 0 aliphatic heterocycles. The summed E-state index contributed by atoms with van der Waals surface area (Å²) >= 11 is 0. The van der Waals surface area contributed by atoms with Crippen molar-refractivity contribution in [1.82, 2.24) is 10.3 Å². The van der Waals surface area contributed by atoms with E-state index in [0.29, 0.717) is 6.54 Å². The summed E-state index contributed by atoms with van der Waals surface area (Å²) in [7, 11) is 0. The molecule has 1 atom stereocenters. The molecule has 1 heterocycles. The van der Waals surface area contributed by atoms with E-state index in [4.69, 9.17) is 0 Å². The molecule has 0 amide bonds. The molecule has 3 aromatic rings. The fourth-order valence-electron chi connectivity index (χ4n) is 2.33. The number of hydrogen-bond acceptors (Lipinski definition) is 3. The third kappa shape index (κ3) is 3.07. The Bertz CT molecular complexity index is 775. The summed E-state index contributed by atoms with van der Waals surface area (Å²) in [6, 6.07) is 21.9. The lowest BCUT2D eigenvalue weighted by Crippen LogP contribution is -2.19. The number of pyridine rings is 1. The maximum absolute atomic E-state index is 9.40. The zero-order valence-electron chi connectivity index (χ0n) is 11.5. The van der Waals surface area contributed by atoms with Gasteiger partial charge in [-0.3, -0.25) is 10.3 Å². The minimum Gasteiger partial charge on any atom is -0.294 e. The first-order chi connectivity index (χ1) is 10.4.